The molecule has 0 saturated heterocycles. The van der Waals surface area contributed by atoms with Crippen LogP contribution in [0.4, 0.5) is 0 Å². The molecule has 0 heterocycles. The van der Waals surface area contributed by atoms with E-state index in [1.807, 2.05) is 0 Å². The molecule has 0 spiro atoms. The molecule has 4 heteroatoms. The summed E-state index contributed by atoms with van der Waals surface area (Å²) in [5, 5.41) is 13.5. The second-order valence-electron chi connectivity index (χ2n) is 3.50. The Bertz CT molecular complexity index is 567. The van der Waals surface area contributed by atoms with Crippen molar-refractivity contribution in [3.63, 3.8) is 0 Å². The molecule has 0 unspecified atom stereocenters. The van der Waals surface area contributed by atoms with Gasteiger partial charge in [-0.15, -0.1) is 0 Å². The number of nitrogens with one attached hydrogen (secondary N) is 2. The summed E-state index contributed by atoms with van der Waals surface area (Å²) in [4.78, 5) is 16.7. The fraction of sp³-hybridized carbons (Fsp3) is 0.143. The van der Waals surface area contributed by atoms with Crippen LogP contribution in [0.25, 0.3) is 10.8 Å². The van der Waals surface area contributed by atoms with Gasteiger partial charge >= 0.3 is 0 Å². The molecule has 2 rings (SSSR count). The van der Waals surface area contributed by atoms with Crippen LogP contribution in [-0.2, 0) is 9.59 Å². The van der Waals surface area contributed by atoms with Crippen LogP contribution in [0.15, 0.2) is 36.4 Å². The van der Waals surface area contributed by atoms with Gasteiger partial charge in [0, 0.05) is 0 Å². The van der Waals surface area contributed by atoms with Gasteiger partial charge in [-0.3, -0.25) is 0 Å². The summed E-state index contributed by atoms with van der Waals surface area (Å²) in [5.41, 5.74) is 2.69. The van der Waals surface area contributed by atoms with E-state index in [0.29, 0.717) is 0 Å². The highest BCUT2D eigenvalue weighted by molar-refractivity contribution is 5.86. The van der Waals surface area contributed by atoms with Crippen molar-refractivity contribution in [1.82, 2.24) is 0 Å². The first-order valence-electron chi connectivity index (χ1n) is 5.14. The van der Waals surface area contributed by atoms with E-state index in [4.69, 9.17) is 20.4 Å². The minimum absolute atomic E-state index is 0.750. The minimum Gasteiger partial charge on any atom is -0.222 e. The molecule has 0 bridgehead atoms. The molecular formula is C14H14N2O2. The quantitative estimate of drug-likeness (QED) is 0.549. The van der Waals surface area contributed by atoms with Crippen molar-refractivity contribution in [2.75, 3.05) is 0 Å². The third-order valence-electron chi connectivity index (χ3n) is 2.26. The Labute approximate surface area is 105 Å². The van der Waals surface area contributed by atoms with Gasteiger partial charge in [-0.05, 0) is 30.2 Å². The predicted octanol–water partition coefficient (Wildman–Crippen LogP) is 3.26. The molecule has 0 aliphatic rings. The number of carbonyl (C=O) groups excluding carboxylic acids is 2. The number of hydrogen-bond donors (Lipinski definition) is 2. The zero-order valence-corrected chi connectivity index (χ0v) is 10.3. The SMILES string of the molecule is Cc1ccc2cccc(C)c2c1.N=C=O.N=C=O. The van der Waals surface area contributed by atoms with Gasteiger partial charge in [0.25, 0.3) is 0 Å². The molecule has 0 fully saturated rings. The monoisotopic (exact) mass is 242 g/mol. The zero-order valence-electron chi connectivity index (χ0n) is 10.3. The van der Waals surface area contributed by atoms with E-state index in [2.05, 4.69) is 50.2 Å². The van der Waals surface area contributed by atoms with Crippen LogP contribution in [0.2, 0.25) is 0 Å². The van der Waals surface area contributed by atoms with E-state index >= 15 is 0 Å². The second-order valence-corrected chi connectivity index (χ2v) is 3.50. The van der Waals surface area contributed by atoms with Crippen LogP contribution in [0.1, 0.15) is 11.1 Å². The van der Waals surface area contributed by atoms with Gasteiger partial charge in [-0.1, -0.05) is 42.0 Å². The highest BCUT2D eigenvalue weighted by Gasteiger charge is 1.95. The smallest absolute Gasteiger partial charge is 0.222 e. The number of benzene rings is 2. The summed E-state index contributed by atoms with van der Waals surface area (Å²) in [5.74, 6) is 0. The Morgan fingerprint density at radius 1 is 0.944 bits per heavy atom. The molecule has 2 aromatic rings. The molecule has 0 amide bonds. The average molecular weight is 242 g/mol. The van der Waals surface area contributed by atoms with Crippen LogP contribution in [0.5, 0.6) is 0 Å². The summed E-state index contributed by atoms with van der Waals surface area (Å²) in [6, 6.07) is 13.0. The molecule has 0 atom stereocenters. The lowest BCUT2D eigenvalue weighted by molar-refractivity contribution is 0.562. The van der Waals surface area contributed by atoms with Crippen LogP contribution in [-0.4, -0.2) is 12.2 Å². The number of hydrogen-bond acceptors (Lipinski definition) is 4. The molecule has 0 aliphatic carbocycles. The van der Waals surface area contributed by atoms with Crippen LogP contribution in [0, 0.1) is 24.7 Å². The van der Waals surface area contributed by atoms with E-state index in [9.17, 15) is 0 Å². The molecule has 2 aromatic carbocycles. The molecule has 0 saturated carbocycles. The lowest BCUT2D eigenvalue weighted by Crippen LogP contribution is -1.78. The standard InChI is InChI=1S/C12H12.2CHNO/c1-9-6-7-11-5-3-4-10(2)12(11)8-9;2*2-1-3/h3-8H,1-2H3;2*2H. The van der Waals surface area contributed by atoms with Crippen molar-refractivity contribution in [1.29, 1.82) is 10.8 Å². The molecule has 0 aromatic heterocycles. The van der Waals surface area contributed by atoms with Crippen molar-refractivity contribution in [2.45, 2.75) is 13.8 Å². The largest absolute Gasteiger partial charge is 0.231 e. The number of aryl methyl sites for hydroxylation is 2. The van der Waals surface area contributed by atoms with Crippen LogP contribution < -0.4 is 0 Å². The number of rotatable bonds is 0. The summed E-state index contributed by atoms with van der Waals surface area (Å²) in [7, 11) is 0. The third-order valence-corrected chi connectivity index (χ3v) is 2.26. The predicted molar refractivity (Wildman–Crippen MR) is 70.2 cm³/mol. The van der Waals surface area contributed by atoms with Gasteiger partial charge in [0.15, 0.2) is 0 Å². The fourth-order valence-corrected chi connectivity index (χ4v) is 1.54. The highest BCUT2D eigenvalue weighted by atomic mass is 16.1. The van der Waals surface area contributed by atoms with Crippen LogP contribution in [0.3, 0.4) is 0 Å². The first-order chi connectivity index (χ1) is 8.60. The van der Waals surface area contributed by atoms with Crippen LogP contribution >= 0.6 is 0 Å². The molecular weight excluding hydrogens is 228 g/mol. The second kappa shape index (κ2) is 8.59. The minimum atomic E-state index is 0.750. The maximum Gasteiger partial charge on any atom is 0.231 e. The first kappa shape index (κ1) is 15.5. The molecule has 18 heavy (non-hydrogen) atoms. The summed E-state index contributed by atoms with van der Waals surface area (Å²) < 4.78 is 0. The fourth-order valence-electron chi connectivity index (χ4n) is 1.54. The van der Waals surface area contributed by atoms with E-state index in [1.165, 1.54) is 21.9 Å². The molecule has 92 valence electrons. The summed E-state index contributed by atoms with van der Waals surface area (Å²) in [6.07, 6.45) is 1.50. The summed E-state index contributed by atoms with van der Waals surface area (Å²) >= 11 is 0. The normalized spacial score (nSPS) is 7.89. The van der Waals surface area contributed by atoms with E-state index in [1.54, 1.807) is 0 Å². The van der Waals surface area contributed by atoms with Gasteiger partial charge in [0.05, 0.1) is 0 Å². The molecule has 4 nitrogen and oxygen atoms in total. The Morgan fingerprint density at radius 2 is 1.50 bits per heavy atom. The Balaban J connectivity index is 0.000000414. The van der Waals surface area contributed by atoms with Crippen molar-refractivity contribution >= 4 is 22.9 Å². The van der Waals surface area contributed by atoms with E-state index < -0.39 is 0 Å². The van der Waals surface area contributed by atoms with Gasteiger partial charge in [-0.25, -0.2) is 20.4 Å². The topological polar surface area (TPSA) is 81.8 Å². The van der Waals surface area contributed by atoms with Gasteiger partial charge in [0.1, 0.15) is 0 Å². The summed E-state index contributed by atoms with van der Waals surface area (Å²) in [6.45, 7) is 4.29. The highest BCUT2D eigenvalue weighted by Crippen LogP contribution is 2.18. The number of fused-ring (bicyclic) bond motifs is 1. The zero-order chi connectivity index (χ0) is 14.0. The lowest BCUT2D eigenvalue weighted by atomic mass is 10.0. The average Bonchev–Trinajstić information content (AvgIpc) is 2.32. The molecule has 0 radical (unpaired) electrons. The van der Waals surface area contributed by atoms with Crippen molar-refractivity contribution in [3.8, 4) is 0 Å². The molecule has 2 N–H and O–H groups in total. The van der Waals surface area contributed by atoms with E-state index in [0.717, 1.165) is 12.2 Å². The molecule has 0 aliphatic heterocycles. The van der Waals surface area contributed by atoms with Gasteiger partial charge in [0.2, 0.25) is 12.2 Å². The van der Waals surface area contributed by atoms with Crippen molar-refractivity contribution in [2.24, 2.45) is 0 Å². The lowest BCUT2D eigenvalue weighted by Gasteiger charge is -2.01. The Hall–Kier alpha value is -2.54. The maximum atomic E-state index is 8.35. The Kier molecular flexibility index (Phi) is 7.38. The third kappa shape index (κ3) is 4.99. The van der Waals surface area contributed by atoms with Crippen molar-refractivity contribution in [3.05, 3.63) is 47.5 Å². The number of isocyanates is 2. The van der Waals surface area contributed by atoms with Gasteiger partial charge < -0.3 is 0 Å². The van der Waals surface area contributed by atoms with E-state index in [-0.39, 0.29) is 0 Å². The first-order valence-corrected chi connectivity index (χ1v) is 5.14. The van der Waals surface area contributed by atoms with Gasteiger partial charge in [-0.2, -0.15) is 0 Å². The Morgan fingerprint density at radius 3 is 2.06 bits per heavy atom. The maximum absolute atomic E-state index is 8.35. The van der Waals surface area contributed by atoms with Crippen molar-refractivity contribution < 1.29 is 9.59 Å².